The van der Waals surface area contributed by atoms with E-state index in [9.17, 15) is 0 Å². The van der Waals surface area contributed by atoms with Gasteiger partial charge in [-0.2, -0.15) is 0 Å². The fourth-order valence-corrected chi connectivity index (χ4v) is 2.61. The van der Waals surface area contributed by atoms with E-state index < -0.39 is 0 Å². The molecule has 2 atom stereocenters. The van der Waals surface area contributed by atoms with Crippen LogP contribution in [0.4, 0.5) is 0 Å². The normalized spacial score (nSPS) is 34.3. The average Bonchev–Trinajstić information content (AvgIpc) is 2.47. The summed E-state index contributed by atoms with van der Waals surface area (Å²) in [5.74, 6) is 1.07. The molecule has 2 aliphatic rings. The molecule has 0 saturated heterocycles. The second kappa shape index (κ2) is 3.43. The quantitative estimate of drug-likeness (QED) is 0.491. The summed E-state index contributed by atoms with van der Waals surface area (Å²) < 4.78 is 11.5. The number of allylic oxidation sites excluding steroid dienone is 2. The molecule has 2 heteroatoms. The van der Waals surface area contributed by atoms with E-state index in [-0.39, 0.29) is 5.79 Å². The molecule has 0 radical (unpaired) electrons. The van der Waals surface area contributed by atoms with Gasteiger partial charge in [0.25, 0.3) is 0 Å². The van der Waals surface area contributed by atoms with E-state index in [4.69, 9.17) is 9.47 Å². The largest absolute Gasteiger partial charge is 0.350 e. The molecule has 0 aromatic carbocycles. The molecule has 1 saturated carbocycles. The van der Waals surface area contributed by atoms with Crippen LogP contribution in [0, 0.1) is 11.8 Å². The molecule has 0 amide bonds. The molecule has 0 N–H and O–H groups in total. The van der Waals surface area contributed by atoms with Crippen LogP contribution >= 0.6 is 0 Å². The smallest absolute Gasteiger partial charge is 0.172 e. The van der Waals surface area contributed by atoms with Gasteiger partial charge in [-0.3, -0.25) is 0 Å². The summed E-state index contributed by atoms with van der Waals surface area (Å²) in [6, 6.07) is 0. The third-order valence-corrected chi connectivity index (χ3v) is 3.15. The van der Waals surface area contributed by atoms with Gasteiger partial charge < -0.3 is 9.47 Å². The van der Waals surface area contributed by atoms with Crippen molar-refractivity contribution in [2.24, 2.45) is 11.8 Å². The summed E-state index contributed by atoms with van der Waals surface area (Å²) in [5.41, 5.74) is 0. The van der Waals surface area contributed by atoms with E-state index in [0.29, 0.717) is 5.92 Å². The highest BCUT2D eigenvalue weighted by atomic mass is 16.7. The van der Waals surface area contributed by atoms with Crippen LogP contribution in [0.3, 0.4) is 0 Å². The summed E-state index contributed by atoms with van der Waals surface area (Å²) in [4.78, 5) is 0. The molecule has 2 unspecified atom stereocenters. The number of ether oxygens (including phenoxy) is 2. The lowest BCUT2D eigenvalue weighted by Crippen LogP contribution is -2.55. The van der Waals surface area contributed by atoms with Crippen LogP contribution in [0.1, 0.15) is 26.7 Å². The summed E-state index contributed by atoms with van der Waals surface area (Å²) in [7, 11) is 0. The fraction of sp³-hybridized carbons (Fsp3) is 0.818. The Bertz CT molecular complexity index is 204. The maximum atomic E-state index is 5.76. The molecule has 13 heavy (non-hydrogen) atoms. The van der Waals surface area contributed by atoms with E-state index in [0.717, 1.165) is 32.0 Å². The lowest BCUT2D eigenvalue weighted by Gasteiger charge is -2.50. The predicted octanol–water partition coefficient (Wildman–Crippen LogP) is 2.35. The first-order chi connectivity index (χ1) is 6.32. The Morgan fingerprint density at radius 3 is 2.54 bits per heavy atom. The zero-order valence-corrected chi connectivity index (χ0v) is 8.45. The standard InChI is InChI=1S/C11H18O2/c1-3-12-11(13-4-2)8-9-6-5-7-10(9)11/h5-6,9-10H,3-4,7-8H2,1-2H3. The van der Waals surface area contributed by atoms with Crippen LogP contribution in [0.15, 0.2) is 12.2 Å². The summed E-state index contributed by atoms with van der Waals surface area (Å²) in [6.45, 7) is 5.58. The minimum atomic E-state index is -0.238. The first kappa shape index (κ1) is 9.22. The second-order valence-corrected chi connectivity index (χ2v) is 3.82. The molecular weight excluding hydrogens is 164 g/mol. The fourth-order valence-electron chi connectivity index (χ4n) is 2.61. The highest BCUT2D eigenvalue weighted by Gasteiger charge is 2.55. The lowest BCUT2D eigenvalue weighted by atomic mass is 9.69. The van der Waals surface area contributed by atoms with Crippen LogP contribution in [-0.4, -0.2) is 19.0 Å². The molecule has 0 heterocycles. The zero-order valence-electron chi connectivity index (χ0n) is 8.45. The van der Waals surface area contributed by atoms with Crippen molar-refractivity contribution in [2.75, 3.05) is 13.2 Å². The molecule has 0 aliphatic heterocycles. The van der Waals surface area contributed by atoms with Gasteiger partial charge in [-0.25, -0.2) is 0 Å². The molecular formula is C11H18O2. The van der Waals surface area contributed by atoms with Crippen molar-refractivity contribution >= 4 is 0 Å². The molecule has 1 fully saturated rings. The monoisotopic (exact) mass is 182 g/mol. The van der Waals surface area contributed by atoms with Crippen LogP contribution in [-0.2, 0) is 9.47 Å². The van der Waals surface area contributed by atoms with E-state index in [1.54, 1.807) is 0 Å². The van der Waals surface area contributed by atoms with Crippen molar-refractivity contribution in [3.05, 3.63) is 12.2 Å². The van der Waals surface area contributed by atoms with Gasteiger partial charge in [-0.15, -0.1) is 0 Å². The van der Waals surface area contributed by atoms with Crippen LogP contribution in [0.25, 0.3) is 0 Å². The van der Waals surface area contributed by atoms with Crippen LogP contribution in [0.5, 0.6) is 0 Å². The molecule has 2 rings (SSSR count). The Labute approximate surface area is 79.9 Å². The molecule has 2 nitrogen and oxygen atoms in total. The minimum Gasteiger partial charge on any atom is -0.350 e. The second-order valence-electron chi connectivity index (χ2n) is 3.82. The van der Waals surface area contributed by atoms with Gasteiger partial charge in [0.15, 0.2) is 5.79 Å². The lowest BCUT2D eigenvalue weighted by molar-refractivity contribution is -0.318. The van der Waals surface area contributed by atoms with Crippen molar-refractivity contribution in [2.45, 2.75) is 32.5 Å². The van der Waals surface area contributed by atoms with Crippen molar-refractivity contribution in [1.29, 1.82) is 0 Å². The maximum Gasteiger partial charge on any atom is 0.172 e. The third kappa shape index (κ3) is 1.32. The number of hydrogen-bond acceptors (Lipinski definition) is 2. The molecule has 0 aromatic heterocycles. The Balaban J connectivity index is 2.00. The maximum absolute atomic E-state index is 5.76. The van der Waals surface area contributed by atoms with Gasteiger partial charge in [-0.05, 0) is 26.2 Å². The topological polar surface area (TPSA) is 18.5 Å². The van der Waals surface area contributed by atoms with Gasteiger partial charge in [-0.1, -0.05) is 12.2 Å². The third-order valence-electron chi connectivity index (χ3n) is 3.15. The Kier molecular flexibility index (Phi) is 2.43. The zero-order chi connectivity index (χ0) is 9.31. The van der Waals surface area contributed by atoms with Gasteiger partial charge in [0.05, 0.1) is 0 Å². The van der Waals surface area contributed by atoms with Crippen LogP contribution < -0.4 is 0 Å². The van der Waals surface area contributed by atoms with Gasteiger partial charge in [0.2, 0.25) is 0 Å². The number of rotatable bonds is 4. The van der Waals surface area contributed by atoms with Crippen molar-refractivity contribution in [3.63, 3.8) is 0 Å². The van der Waals surface area contributed by atoms with Gasteiger partial charge in [0.1, 0.15) is 0 Å². The molecule has 74 valence electrons. The highest BCUT2D eigenvalue weighted by Crippen LogP contribution is 2.53. The minimum absolute atomic E-state index is 0.238. The Hall–Kier alpha value is -0.340. The van der Waals surface area contributed by atoms with E-state index in [1.165, 1.54) is 0 Å². The Morgan fingerprint density at radius 1 is 1.31 bits per heavy atom. The first-order valence-corrected chi connectivity index (χ1v) is 5.27. The van der Waals surface area contributed by atoms with Crippen molar-refractivity contribution < 1.29 is 9.47 Å². The Morgan fingerprint density at radius 2 is 2.00 bits per heavy atom. The summed E-state index contributed by atoms with van der Waals surface area (Å²) in [6.07, 6.45) is 6.75. The average molecular weight is 182 g/mol. The van der Waals surface area contributed by atoms with E-state index in [2.05, 4.69) is 12.2 Å². The predicted molar refractivity (Wildman–Crippen MR) is 51.3 cm³/mol. The van der Waals surface area contributed by atoms with Gasteiger partial charge in [0, 0.05) is 25.6 Å². The molecule has 0 bridgehead atoms. The van der Waals surface area contributed by atoms with E-state index in [1.807, 2.05) is 13.8 Å². The van der Waals surface area contributed by atoms with Crippen molar-refractivity contribution in [3.8, 4) is 0 Å². The van der Waals surface area contributed by atoms with Gasteiger partial charge >= 0.3 is 0 Å². The highest BCUT2D eigenvalue weighted by molar-refractivity contribution is 5.14. The summed E-state index contributed by atoms with van der Waals surface area (Å²) in [5, 5.41) is 0. The number of hydrogen-bond donors (Lipinski definition) is 0. The summed E-state index contributed by atoms with van der Waals surface area (Å²) >= 11 is 0. The first-order valence-electron chi connectivity index (χ1n) is 5.27. The van der Waals surface area contributed by atoms with Crippen LogP contribution in [0.2, 0.25) is 0 Å². The number of fused-ring (bicyclic) bond motifs is 1. The SMILES string of the molecule is CCOC1(OCC)CC2C=CCC21. The molecule has 2 aliphatic carbocycles. The van der Waals surface area contributed by atoms with E-state index >= 15 is 0 Å². The molecule has 0 spiro atoms. The van der Waals surface area contributed by atoms with Crippen molar-refractivity contribution in [1.82, 2.24) is 0 Å². The molecule has 0 aromatic rings.